The molecule has 12 heteroatoms. The molecule has 4 N–H and O–H groups in total. The highest BCUT2D eigenvalue weighted by atomic mass is 19.4. The molecule has 9 nitrogen and oxygen atoms in total. The van der Waals surface area contributed by atoms with E-state index in [-0.39, 0.29) is 23.6 Å². The van der Waals surface area contributed by atoms with E-state index < -0.39 is 11.9 Å². The molecule has 162 valence electrons. The molecule has 0 aromatic carbocycles. The first kappa shape index (κ1) is 20.7. The van der Waals surface area contributed by atoms with Gasteiger partial charge < -0.3 is 21.4 Å². The van der Waals surface area contributed by atoms with Crippen LogP contribution < -0.4 is 16.0 Å². The van der Waals surface area contributed by atoms with Crippen LogP contribution in [0.25, 0.3) is 17.2 Å². The van der Waals surface area contributed by atoms with E-state index in [1.54, 1.807) is 12.3 Å². The number of rotatable bonds is 4. The van der Waals surface area contributed by atoms with E-state index in [9.17, 15) is 13.2 Å². The number of hydrogen-bond donors (Lipinski definition) is 3. The van der Waals surface area contributed by atoms with Crippen LogP contribution in [-0.2, 0) is 6.18 Å². The Hall–Kier alpha value is -3.54. The average molecular weight is 431 g/mol. The molecule has 0 bridgehead atoms. The van der Waals surface area contributed by atoms with Crippen molar-refractivity contribution in [2.24, 2.45) is 5.73 Å². The van der Waals surface area contributed by atoms with Gasteiger partial charge in [-0.15, -0.1) is 0 Å². The van der Waals surface area contributed by atoms with Crippen LogP contribution in [0.2, 0.25) is 0 Å². The fourth-order valence-electron chi connectivity index (χ4n) is 3.69. The number of halogens is 3. The van der Waals surface area contributed by atoms with Gasteiger partial charge in [0.15, 0.2) is 17.2 Å². The van der Waals surface area contributed by atoms with Crippen molar-refractivity contribution in [3.05, 3.63) is 48.3 Å². The first-order chi connectivity index (χ1) is 14.8. The number of aromatic nitrogens is 5. The quantitative estimate of drug-likeness (QED) is 0.539. The number of imidazole rings is 1. The molecule has 3 aromatic rings. The zero-order chi connectivity index (χ0) is 22.2. The maximum atomic E-state index is 13.1. The van der Waals surface area contributed by atoms with Crippen molar-refractivity contribution in [3.63, 3.8) is 0 Å². The Balaban J connectivity index is 1.71. The molecule has 0 spiro atoms. The largest absolute Gasteiger partial charge is 0.434 e. The number of nitrogens with two attached hydrogens (primary N) is 1. The molecule has 31 heavy (non-hydrogen) atoms. The van der Waals surface area contributed by atoms with Crippen LogP contribution in [0.1, 0.15) is 12.6 Å². The zero-order valence-corrected chi connectivity index (χ0v) is 16.5. The van der Waals surface area contributed by atoms with Gasteiger partial charge in [-0.25, -0.2) is 19.9 Å². The lowest BCUT2D eigenvalue weighted by Crippen LogP contribution is -2.58. The maximum absolute atomic E-state index is 13.1. The second kappa shape index (κ2) is 7.95. The fraction of sp³-hybridized carbons (Fsp3) is 0.316. The van der Waals surface area contributed by atoms with E-state index in [2.05, 4.69) is 25.3 Å². The van der Waals surface area contributed by atoms with Crippen LogP contribution in [0.5, 0.6) is 0 Å². The zero-order valence-electron chi connectivity index (χ0n) is 16.5. The van der Waals surface area contributed by atoms with Crippen LogP contribution in [0.15, 0.2) is 42.6 Å². The summed E-state index contributed by atoms with van der Waals surface area (Å²) in [6.45, 7) is 3.29. The van der Waals surface area contributed by atoms with Crippen LogP contribution in [-0.4, -0.2) is 55.7 Å². The van der Waals surface area contributed by atoms with Gasteiger partial charge in [0.2, 0.25) is 0 Å². The average Bonchev–Trinajstić information content (AvgIpc) is 3.18. The Labute approximate surface area is 175 Å². The summed E-state index contributed by atoms with van der Waals surface area (Å²) in [7, 11) is 0. The van der Waals surface area contributed by atoms with Gasteiger partial charge in [-0.3, -0.25) is 4.40 Å². The Morgan fingerprint density at radius 1 is 1.29 bits per heavy atom. The van der Waals surface area contributed by atoms with E-state index in [0.29, 0.717) is 30.2 Å². The molecule has 1 fully saturated rings. The number of nitrogens with one attached hydrogen (secondary N) is 2. The highest BCUT2D eigenvalue weighted by molar-refractivity contribution is 5.78. The summed E-state index contributed by atoms with van der Waals surface area (Å²) in [5, 5.41) is 10.9. The van der Waals surface area contributed by atoms with Crippen LogP contribution in [0.3, 0.4) is 0 Å². The number of piperazine rings is 1. The second-order valence-electron chi connectivity index (χ2n) is 7.06. The summed E-state index contributed by atoms with van der Waals surface area (Å²) >= 11 is 0. The van der Waals surface area contributed by atoms with E-state index in [4.69, 9.17) is 11.1 Å². The van der Waals surface area contributed by atoms with Crippen LogP contribution in [0.4, 0.5) is 19.0 Å². The summed E-state index contributed by atoms with van der Waals surface area (Å²) in [6.07, 6.45) is 2.98. The molecular weight excluding hydrogens is 411 g/mol. The lowest BCUT2D eigenvalue weighted by molar-refractivity contribution is -0.141. The molecule has 4 rings (SSSR count). The molecule has 0 saturated carbocycles. The van der Waals surface area contributed by atoms with Gasteiger partial charge in [0.25, 0.3) is 0 Å². The van der Waals surface area contributed by atoms with Crippen molar-refractivity contribution < 1.29 is 13.2 Å². The highest BCUT2D eigenvalue weighted by Crippen LogP contribution is 2.29. The first-order valence-corrected chi connectivity index (χ1v) is 9.49. The Kier molecular flexibility index (Phi) is 5.31. The molecule has 1 aliphatic heterocycles. The van der Waals surface area contributed by atoms with Gasteiger partial charge in [0, 0.05) is 49.5 Å². The van der Waals surface area contributed by atoms with Crippen molar-refractivity contribution in [1.29, 1.82) is 5.41 Å². The molecule has 1 aliphatic rings. The van der Waals surface area contributed by atoms with Gasteiger partial charge in [0.1, 0.15) is 11.5 Å². The van der Waals surface area contributed by atoms with Crippen molar-refractivity contribution in [1.82, 2.24) is 29.7 Å². The number of fused-ring (bicyclic) bond motifs is 1. The van der Waals surface area contributed by atoms with E-state index in [1.165, 1.54) is 23.0 Å². The van der Waals surface area contributed by atoms with Crippen molar-refractivity contribution in [3.8, 4) is 11.5 Å². The smallest absolute Gasteiger partial charge is 0.404 e. The molecule has 0 radical (unpaired) electrons. The number of nitrogens with zero attached hydrogens (tertiary/aromatic N) is 6. The lowest BCUT2D eigenvalue weighted by atomic mass is 9.98. The highest BCUT2D eigenvalue weighted by Gasteiger charge is 2.33. The predicted octanol–water partition coefficient (Wildman–Crippen LogP) is 1.86. The number of anilines is 1. The normalized spacial score (nSPS) is 20.3. The van der Waals surface area contributed by atoms with Gasteiger partial charge in [-0.05, 0) is 13.0 Å². The Morgan fingerprint density at radius 2 is 2.10 bits per heavy atom. The van der Waals surface area contributed by atoms with Gasteiger partial charge in [-0.1, -0.05) is 0 Å². The third kappa shape index (κ3) is 3.81. The molecule has 0 amide bonds. The van der Waals surface area contributed by atoms with Crippen molar-refractivity contribution in [2.45, 2.75) is 25.2 Å². The minimum Gasteiger partial charge on any atom is -0.404 e. The second-order valence-corrected chi connectivity index (χ2v) is 7.06. The summed E-state index contributed by atoms with van der Waals surface area (Å²) in [4.78, 5) is 18.4. The predicted molar refractivity (Wildman–Crippen MR) is 109 cm³/mol. The van der Waals surface area contributed by atoms with Crippen LogP contribution in [0, 0.1) is 5.41 Å². The minimum atomic E-state index is -4.58. The molecule has 3 aromatic heterocycles. The van der Waals surface area contributed by atoms with E-state index >= 15 is 0 Å². The van der Waals surface area contributed by atoms with Gasteiger partial charge >= 0.3 is 6.18 Å². The maximum Gasteiger partial charge on any atom is 0.434 e. The van der Waals surface area contributed by atoms with Crippen molar-refractivity contribution in [2.75, 3.05) is 18.0 Å². The van der Waals surface area contributed by atoms with Gasteiger partial charge in [0.05, 0.1) is 18.4 Å². The molecular formula is C19H20F3N9. The fourth-order valence-corrected chi connectivity index (χ4v) is 3.69. The molecule has 4 heterocycles. The topological polar surface area (TPSA) is 121 Å². The number of alkyl halides is 3. The monoisotopic (exact) mass is 431 g/mol. The Bertz CT molecular complexity index is 1140. The lowest BCUT2D eigenvalue weighted by Gasteiger charge is -2.41. The first-order valence-electron chi connectivity index (χ1n) is 9.49. The molecule has 2 unspecified atom stereocenters. The Morgan fingerprint density at radius 3 is 2.81 bits per heavy atom. The summed E-state index contributed by atoms with van der Waals surface area (Å²) in [5.41, 5.74) is 5.86. The standard InChI is InChI=1S/C19H20F3N9/c1-11-17(12(6-23)7-24)25-4-5-30(11)15-2-3-26-18(29-15)13-8-28-16-9-27-14(10-31(13)16)19(20,21)22/h2-3,6-11,17,23,25H,4-5,24H2,1H3/b12-7+,23-6?. The molecule has 2 atom stereocenters. The number of hydrogen-bond acceptors (Lipinski definition) is 8. The third-order valence-electron chi connectivity index (χ3n) is 5.26. The minimum absolute atomic E-state index is 0.0730. The van der Waals surface area contributed by atoms with E-state index in [1.807, 2.05) is 11.8 Å². The summed E-state index contributed by atoms with van der Waals surface area (Å²) in [6, 6.07) is 1.51. The van der Waals surface area contributed by atoms with E-state index in [0.717, 1.165) is 12.4 Å². The SMILES string of the molecule is CC1C(/C(C=N)=C/N)NCCN1c1ccnc(-c2cnc3cnc(C(F)(F)F)cn23)n1. The summed E-state index contributed by atoms with van der Waals surface area (Å²) in [5.74, 6) is 0.860. The summed E-state index contributed by atoms with van der Waals surface area (Å²) < 4.78 is 40.6. The van der Waals surface area contributed by atoms with Crippen LogP contribution >= 0.6 is 0 Å². The molecule has 0 aliphatic carbocycles. The molecule has 1 saturated heterocycles. The third-order valence-corrected chi connectivity index (χ3v) is 5.26. The van der Waals surface area contributed by atoms with Crippen molar-refractivity contribution >= 4 is 17.7 Å². The van der Waals surface area contributed by atoms with Gasteiger partial charge in [-0.2, -0.15) is 13.2 Å².